The average Bonchev–Trinajstić information content (AvgIpc) is 2.12. The molecule has 1 rings (SSSR count). The van der Waals surface area contributed by atoms with Gasteiger partial charge < -0.3 is 4.98 Å². The summed E-state index contributed by atoms with van der Waals surface area (Å²) in [6.45, 7) is 3.47. The Hall–Kier alpha value is -1.43. The molecular formula is C7H9FN2O2Si. The number of nitrogens with one attached hydrogen (secondary N) is 1. The van der Waals surface area contributed by atoms with Gasteiger partial charge in [-0.25, -0.2) is 4.79 Å². The molecular weight excluding hydrogens is 191 g/mol. The second-order valence-corrected chi connectivity index (χ2v) is 4.13. The van der Waals surface area contributed by atoms with Crippen molar-refractivity contribution >= 4 is 9.68 Å². The molecule has 0 saturated carbocycles. The number of hydrogen-bond donors (Lipinski definition) is 1. The van der Waals surface area contributed by atoms with Crippen molar-refractivity contribution in [2.24, 2.45) is 0 Å². The molecule has 6 heteroatoms. The first kappa shape index (κ1) is 9.65. The predicted octanol–water partition coefficient (Wildman–Crippen LogP) is -0.788. The minimum Gasteiger partial charge on any atom is -0.312 e. The quantitative estimate of drug-likeness (QED) is 0.513. The van der Waals surface area contributed by atoms with Gasteiger partial charge in [0.05, 0.1) is 0 Å². The van der Waals surface area contributed by atoms with Gasteiger partial charge in [0.25, 0.3) is 5.56 Å². The van der Waals surface area contributed by atoms with E-state index in [1.807, 2.05) is 0 Å². The molecule has 0 fully saturated rings. The molecule has 13 heavy (non-hydrogen) atoms. The van der Waals surface area contributed by atoms with E-state index in [2.05, 4.69) is 11.6 Å². The summed E-state index contributed by atoms with van der Waals surface area (Å²) in [6, 6.07) is 0.590. The largest absolute Gasteiger partial charge is 0.319 e. The molecule has 0 atom stereocenters. The normalized spacial score (nSPS) is 10.8. The molecule has 4 nitrogen and oxygen atoms in total. The van der Waals surface area contributed by atoms with Crippen LogP contribution in [-0.2, 0) is 0 Å². The van der Waals surface area contributed by atoms with Crippen molar-refractivity contribution in [3.63, 3.8) is 0 Å². The number of hydrogen-bond acceptors (Lipinski definition) is 2. The van der Waals surface area contributed by atoms with E-state index < -0.39 is 26.7 Å². The molecule has 0 radical (unpaired) electrons. The summed E-state index contributed by atoms with van der Waals surface area (Å²) < 4.78 is 13.6. The maximum atomic E-state index is 12.7. The van der Waals surface area contributed by atoms with Crippen LogP contribution in [0.2, 0.25) is 6.04 Å². The first-order chi connectivity index (χ1) is 6.16. The van der Waals surface area contributed by atoms with Gasteiger partial charge in [0.1, 0.15) is 9.68 Å². The van der Waals surface area contributed by atoms with E-state index >= 15 is 0 Å². The maximum Gasteiger partial charge on any atom is 0.319 e. The van der Waals surface area contributed by atoms with Gasteiger partial charge in [-0.1, -0.05) is 6.08 Å². The fraction of sp³-hybridized carbons (Fsp3) is 0.143. The molecule has 0 aliphatic heterocycles. The maximum absolute atomic E-state index is 12.7. The zero-order valence-corrected chi connectivity index (χ0v) is 8.33. The van der Waals surface area contributed by atoms with Crippen molar-refractivity contribution in [3.8, 4) is 0 Å². The van der Waals surface area contributed by atoms with E-state index in [1.54, 1.807) is 6.08 Å². The van der Waals surface area contributed by atoms with Crippen molar-refractivity contribution in [3.05, 3.63) is 45.5 Å². The zero-order chi connectivity index (χ0) is 9.84. The van der Waals surface area contributed by atoms with Gasteiger partial charge in [-0.15, -0.1) is 6.58 Å². The van der Waals surface area contributed by atoms with E-state index in [0.717, 1.165) is 10.4 Å². The van der Waals surface area contributed by atoms with Crippen molar-refractivity contribution in [2.45, 2.75) is 6.04 Å². The smallest absolute Gasteiger partial charge is 0.312 e. The topological polar surface area (TPSA) is 54.9 Å². The molecule has 0 aliphatic carbocycles. The van der Waals surface area contributed by atoms with Crippen molar-refractivity contribution < 1.29 is 4.39 Å². The highest BCUT2D eigenvalue weighted by atomic mass is 28.2. The Labute approximate surface area is 75.6 Å². The van der Waals surface area contributed by atoms with E-state index in [1.165, 1.54) is 0 Å². The molecule has 0 spiro atoms. The highest BCUT2D eigenvalue weighted by Gasteiger charge is 2.04. The molecule has 0 aliphatic rings. The molecule has 1 aromatic heterocycles. The van der Waals surface area contributed by atoms with Crippen LogP contribution in [0, 0.1) is 5.82 Å². The third kappa shape index (κ3) is 2.03. The van der Waals surface area contributed by atoms with Gasteiger partial charge in [-0.2, -0.15) is 4.39 Å². The SMILES string of the molecule is C=CC[SiH2]n1c(=O)[nH]cc(F)c1=O. The van der Waals surface area contributed by atoms with Crippen LogP contribution in [0.3, 0.4) is 0 Å². The molecule has 0 unspecified atom stereocenters. The number of aromatic amines is 1. The van der Waals surface area contributed by atoms with E-state index in [-0.39, 0.29) is 0 Å². The first-order valence-corrected chi connectivity index (χ1v) is 5.39. The van der Waals surface area contributed by atoms with Crippen LogP contribution in [-0.4, -0.2) is 18.9 Å². The summed E-state index contributed by atoms with van der Waals surface area (Å²) in [5, 5.41) is 0. The Balaban J connectivity index is 3.18. The van der Waals surface area contributed by atoms with Crippen LogP contribution in [0.5, 0.6) is 0 Å². The number of rotatable bonds is 3. The molecule has 1 N–H and O–H groups in total. The molecule has 0 amide bonds. The molecule has 0 bridgehead atoms. The van der Waals surface area contributed by atoms with Crippen molar-refractivity contribution in [1.82, 2.24) is 9.22 Å². The lowest BCUT2D eigenvalue weighted by Gasteiger charge is -1.99. The number of nitrogens with zero attached hydrogens (tertiary/aromatic N) is 1. The van der Waals surface area contributed by atoms with Gasteiger partial charge >= 0.3 is 5.69 Å². The van der Waals surface area contributed by atoms with Gasteiger partial charge in [0.2, 0.25) is 5.82 Å². The lowest BCUT2D eigenvalue weighted by Crippen LogP contribution is -2.39. The summed E-state index contributed by atoms with van der Waals surface area (Å²) in [7, 11) is -1.09. The van der Waals surface area contributed by atoms with Crippen LogP contribution in [0.4, 0.5) is 4.39 Å². The Bertz CT molecular complexity index is 423. The molecule has 0 aromatic carbocycles. The molecule has 1 heterocycles. The average molecular weight is 200 g/mol. The second kappa shape index (κ2) is 3.99. The monoisotopic (exact) mass is 200 g/mol. The minimum absolute atomic E-state index is 0.542. The number of allylic oxidation sites excluding steroid dienone is 1. The Morgan fingerprint density at radius 2 is 2.38 bits per heavy atom. The van der Waals surface area contributed by atoms with Crippen LogP contribution < -0.4 is 11.2 Å². The molecule has 1 aromatic rings. The van der Waals surface area contributed by atoms with Crippen LogP contribution in [0.15, 0.2) is 28.4 Å². The molecule has 0 saturated heterocycles. The zero-order valence-electron chi connectivity index (χ0n) is 6.92. The Morgan fingerprint density at radius 3 is 3.00 bits per heavy atom. The lowest BCUT2D eigenvalue weighted by atomic mass is 10.6. The first-order valence-electron chi connectivity index (χ1n) is 3.75. The van der Waals surface area contributed by atoms with Gasteiger partial charge in [0.15, 0.2) is 0 Å². The summed E-state index contributed by atoms with van der Waals surface area (Å²) in [5.41, 5.74) is -1.38. The predicted molar refractivity (Wildman–Crippen MR) is 50.2 cm³/mol. The summed E-state index contributed by atoms with van der Waals surface area (Å²) >= 11 is 0. The van der Waals surface area contributed by atoms with E-state index in [9.17, 15) is 14.0 Å². The van der Waals surface area contributed by atoms with Gasteiger partial charge in [-0.05, 0) is 6.04 Å². The summed E-state index contributed by atoms with van der Waals surface area (Å²) in [5.74, 6) is -0.920. The number of aromatic nitrogens is 2. The Kier molecular flexibility index (Phi) is 2.96. The summed E-state index contributed by atoms with van der Waals surface area (Å²) in [4.78, 5) is 24.3. The fourth-order valence-electron chi connectivity index (χ4n) is 0.909. The minimum atomic E-state index is -1.09. The third-order valence-corrected chi connectivity index (χ3v) is 3.26. The number of halogens is 1. The third-order valence-electron chi connectivity index (χ3n) is 1.57. The lowest BCUT2D eigenvalue weighted by molar-refractivity contribution is 0.590. The van der Waals surface area contributed by atoms with E-state index in [4.69, 9.17) is 0 Å². The number of H-pyrrole nitrogens is 1. The van der Waals surface area contributed by atoms with Crippen molar-refractivity contribution in [2.75, 3.05) is 0 Å². The Morgan fingerprint density at radius 1 is 1.69 bits per heavy atom. The second-order valence-electron chi connectivity index (χ2n) is 2.48. The highest BCUT2D eigenvalue weighted by Crippen LogP contribution is 1.81. The highest BCUT2D eigenvalue weighted by molar-refractivity contribution is 6.34. The van der Waals surface area contributed by atoms with E-state index in [0.29, 0.717) is 6.04 Å². The molecule has 70 valence electrons. The van der Waals surface area contributed by atoms with Crippen molar-refractivity contribution in [1.29, 1.82) is 0 Å². The van der Waals surface area contributed by atoms with Crippen LogP contribution in [0.25, 0.3) is 0 Å². The van der Waals surface area contributed by atoms with Crippen LogP contribution in [0.1, 0.15) is 0 Å². The van der Waals surface area contributed by atoms with Gasteiger partial charge in [-0.3, -0.25) is 9.03 Å². The van der Waals surface area contributed by atoms with Crippen LogP contribution >= 0.6 is 0 Å². The standard InChI is InChI=1S/C7H9FN2O2Si/c1-2-3-13-10-6(11)5(8)4-9-7(10)12/h2,4H,1,3,13H2,(H,9,12). The fourth-order valence-corrected chi connectivity index (χ4v) is 2.00. The summed E-state index contributed by atoms with van der Waals surface area (Å²) in [6.07, 6.45) is 2.40. The van der Waals surface area contributed by atoms with Gasteiger partial charge in [0, 0.05) is 6.20 Å².